The van der Waals surface area contributed by atoms with Gasteiger partial charge in [-0.25, -0.2) is 13.4 Å². The second-order valence-electron chi connectivity index (χ2n) is 9.06. The van der Waals surface area contributed by atoms with E-state index in [1.807, 2.05) is 37.3 Å². The van der Waals surface area contributed by atoms with Crippen molar-refractivity contribution in [2.45, 2.75) is 32.5 Å². The maximum Gasteiger partial charge on any atom is 0.280 e. The first-order valence-corrected chi connectivity index (χ1v) is 13.5. The molecular formula is C24H31N3O7S. The second kappa shape index (κ2) is 10.5. The SMILES string of the molecule is Cc1oc(-c2ccccc2)nc1CC1COC(C)(C(=O)NCCC(=O)N2CCS(=O)(=O)CC2)OC1. The Kier molecular flexibility index (Phi) is 7.58. The number of nitrogens with zero attached hydrogens (tertiary/aromatic N) is 2. The van der Waals surface area contributed by atoms with E-state index in [2.05, 4.69) is 10.3 Å². The van der Waals surface area contributed by atoms with Gasteiger partial charge in [-0.05, 0) is 26.0 Å². The van der Waals surface area contributed by atoms with Crippen molar-refractivity contribution in [1.82, 2.24) is 15.2 Å². The number of aromatic nitrogens is 1. The Morgan fingerprint density at radius 1 is 1.14 bits per heavy atom. The third-order valence-corrected chi connectivity index (χ3v) is 7.93. The Balaban J connectivity index is 1.22. The lowest BCUT2D eigenvalue weighted by molar-refractivity contribution is -0.259. The van der Waals surface area contributed by atoms with E-state index in [0.29, 0.717) is 25.5 Å². The van der Waals surface area contributed by atoms with Crippen LogP contribution >= 0.6 is 0 Å². The molecular weight excluding hydrogens is 474 g/mol. The first kappa shape index (κ1) is 25.3. The third kappa shape index (κ3) is 6.28. The number of amides is 2. The summed E-state index contributed by atoms with van der Waals surface area (Å²) in [6, 6.07) is 9.68. The average Bonchev–Trinajstić information content (AvgIpc) is 3.21. The van der Waals surface area contributed by atoms with Gasteiger partial charge in [0, 0.05) is 44.0 Å². The molecule has 2 aliphatic rings. The summed E-state index contributed by atoms with van der Waals surface area (Å²) in [6.07, 6.45) is 0.680. The summed E-state index contributed by atoms with van der Waals surface area (Å²) in [5, 5.41) is 2.69. The van der Waals surface area contributed by atoms with Crippen LogP contribution in [0.2, 0.25) is 0 Å². The highest BCUT2D eigenvalue weighted by molar-refractivity contribution is 7.91. The molecule has 1 N–H and O–H groups in total. The van der Waals surface area contributed by atoms with Gasteiger partial charge in [0.05, 0.1) is 30.4 Å². The van der Waals surface area contributed by atoms with Crippen molar-refractivity contribution in [1.29, 1.82) is 0 Å². The highest BCUT2D eigenvalue weighted by atomic mass is 32.2. The predicted molar refractivity (Wildman–Crippen MR) is 127 cm³/mol. The Morgan fingerprint density at radius 3 is 2.46 bits per heavy atom. The summed E-state index contributed by atoms with van der Waals surface area (Å²) in [5.74, 6) is -0.789. The van der Waals surface area contributed by atoms with Crippen LogP contribution in [0.15, 0.2) is 34.7 Å². The molecule has 0 unspecified atom stereocenters. The summed E-state index contributed by atoms with van der Waals surface area (Å²) in [7, 11) is -3.05. The molecule has 0 saturated carbocycles. The summed E-state index contributed by atoms with van der Waals surface area (Å²) >= 11 is 0. The minimum absolute atomic E-state index is 0.0141. The van der Waals surface area contributed by atoms with E-state index in [1.165, 1.54) is 4.90 Å². The number of ether oxygens (including phenoxy) is 2. The zero-order chi connectivity index (χ0) is 25.1. The molecule has 35 heavy (non-hydrogen) atoms. The van der Waals surface area contributed by atoms with Crippen LogP contribution in [0.3, 0.4) is 0 Å². The van der Waals surface area contributed by atoms with E-state index in [0.717, 1.165) is 17.0 Å². The van der Waals surface area contributed by atoms with Crippen LogP contribution in [0.4, 0.5) is 0 Å². The number of oxazole rings is 1. The summed E-state index contributed by atoms with van der Waals surface area (Å²) < 4.78 is 40.4. The van der Waals surface area contributed by atoms with Crippen LogP contribution < -0.4 is 5.32 Å². The predicted octanol–water partition coefficient (Wildman–Crippen LogP) is 1.34. The van der Waals surface area contributed by atoms with E-state index in [-0.39, 0.29) is 49.4 Å². The lowest BCUT2D eigenvalue weighted by Crippen LogP contribution is -2.53. The number of carbonyl (C=O) groups excluding carboxylic acids is 2. The number of aryl methyl sites for hydroxylation is 1. The lowest BCUT2D eigenvalue weighted by atomic mass is 10.0. The molecule has 0 aliphatic carbocycles. The minimum atomic E-state index is -3.05. The molecule has 0 radical (unpaired) electrons. The lowest BCUT2D eigenvalue weighted by Gasteiger charge is -2.36. The molecule has 1 aromatic heterocycles. The van der Waals surface area contributed by atoms with Crippen molar-refractivity contribution >= 4 is 21.7 Å². The van der Waals surface area contributed by atoms with Crippen molar-refractivity contribution < 1.29 is 31.9 Å². The van der Waals surface area contributed by atoms with Crippen LogP contribution in [0.5, 0.6) is 0 Å². The van der Waals surface area contributed by atoms with Crippen LogP contribution in [-0.2, 0) is 35.3 Å². The molecule has 3 heterocycles. The van der Waals surface area contributed by atoms with Gasteiger partial charge in [0.1, 0.15) is 5.76 Å². The van der Waals surface area contributed by atoms with Crippen molar-refractivity contribution in [3.05, 3.63) is 41.8 Å². The number of benzene rings is 1. The van der Waals surface area contributed by atoms with E-state index in [4.69, 9.17) is 13.9 Å². The Labute approximate surface area is 204 Å². The maximum atomic E-state index is 12.6. The number of nitrogens with one attached hydrogen (secondary N) is 1. The average molecular weight is 506 g/mol. The molecule has 0 bridgehead atoms. The molecule has 2 saturated heterocycles. The van der Waals surface area contributed by atoms with E-state index in [9.17, 15) is 18.0 Å². The van der Waals surface area contributed by atoms with Gasteiger partial charge >= 0.3 is 0 Å². The summed E-state index contributed by atoms with van der Waals surface area (Å²) in [6.45, 7) is 4.57. The first-order valence-electron chi connectivity index (χ1n) is 11.7. The zero-order valence-corrected chi connectivity index (χ0v) is 20.8. The molecule has 0 atom stereocenters. The van der Waals surface area contributed by atoms with Crippen molar-refractivity contribution in [2.75, 3.05) is 44.4 Å². The molecule has 190 valence electrons. The van der Waals surface area contributed by atoms with Gasteiger partial charge in [-0.1, -0.05) is 18.2 Å². The number of carbonyl (C=O) groups is 2. The molecule has 0 spiro atoms. The normalized spacial score (nSPS) is 24.2. The zero-order valence-electron chi connectivity index (χ0n) is 20.0. The first-order chi connectivity index (χ1) is 16.7. The minimum Gasteiger partial charge on any atom is -0.441 e. The van der Waals surface area contributed by atoms with Crippen LogP contribution in [0.25, 0.3) is 11.5 Å². The van der Waals surface area contributed by atoms with Crippen LogP contribution in [0, 0.1) is 12.8 Å². The Morgan fingerprint density at radius 2 is 1.80 bits per heavy atom. The fourth-order valence-corrected chi connectivity index (χ4v) is 5.25. The standard InChI is InChI=1S/C24H31N3O7S/c1-17-20(26-22(34-17)19-6-4-3-5-7-19)14-18-15-32-24(2,33-16-18)23(29)25-9-8-21(28)27-10-12-35(30,31)13-11-27/h3-7,18H,8-16H2,1-2H3,(H,25,29). The van der Waals surface area contributed by atoms with Crippen molar-refractivity contribution in [3.63, 3.8) is 0 Å². The molecule has 10 nitrogen and oxygen atoms in total. The molecule has 2 aromatic rings. The highest BCUT2D eigenvalue weighted by Crippen LogP contribution is 2.27. The number of hydrogen-bond acceptors (Lipinski definition) is 8. The van der Waals surface area contributed by atoms with Crippen LogP contribution in [-0.4, -0.2) is 80.3 Å². The van der Waals surface area contributed by atoms with Gasteiger partial charge < -0.3 is 24.1 Å². The van der Waals surface area contributed by atoms with E-state index < -0.39 is 21.5 Å². The monoisotopic (exact) mass is 505 g/mol. The van der Waals surface area contributed by atoms with E-state index in [1.54, 1.807) is 6.92 Å². The maximum absolute atomic E-state index is 12.6. The molecule has 1 aromatic carbocycles. The van der Waals surface area contributed by atoms with Gasteiger partial charge in [-0.2, -0.15) is 0 Å². The quantitative estimate of drug-likeness (QED) is 0.597. The van der Waals surface area contributed by atoms with Gasteiger partial charge in [0.2, 0.25) is 17.6 Å². The van der Waals surface area contributed by atoms with Crippen molar-refractivity contribution in [3.8, 4) is 11.5 Å². The number of hydrogen-bond donors (Lipinski definition) is 1. The molecule has 2 amide bonds. The fraction of sp³-hybridized carbons (Fsp3) is 0.542. The van der Waals surface area contributed by atoms with Gasteiger partial charge in [0.15, 0.2) is 9.84 Å². The molecule has 11 heteroatoms. The smallest absolute Gasteiger partial charge is 0.280 e. The number of rotatable bonds is 7. The third-order valence-electron chi connectivity index (χ3n) is 6.32. The summed E-state index contributed by atoms with van der Waals surface area (Å²) in [4.78, 5) is 31.1. The molecule has 2 aliphatic heterocycles. The van der Waals surface area contributed by atoms with E-state index >= 15 is 0 Å². The Bertz CT molecular complexity index is 1140. The van der Waals surface area contributed by atoms with Gasteiger partial charge in [0.25, 0.3) is 5.91 Å². The molecule has 2 fully saturated rings. The second-order valence-corrected chi connectivity index (χ2v) is 11.4. The van der Waals surface area contributed by atoms with Crippen molar-refractivity contribution in [2.24, 2.45) is 5.92 Å². The Hall–Kier alpha value is -2.76. The topological polar surface area (TPSA) is 128 Å². The highest BCUT2D eigenvalue weighted by Gasteiger charge is 2.40. The number of sulfone groups is 1. The van der Waals surface area contributed by atoms with Gasteiger partial charge in [-0.15, -0.1) is 0 Å². The van der Waals surface area contributed by atoms with Gasteiger partial charge in [-0.3, -0.25) is 9.59 Å². The summed E-state index contributed by atoms with van der Waals surface area (Å²) in [5.41, 5.74) is 1.74. The largest absolute Gasteiger partial charge is 0.441 e. The molecule has 4 rings (SSSR count). The van der Waals surface area contributed by atoms with Crippen LogP contribution in [0.1, 0.15) is 24.8 Å². The fourth-order valence-electron chi connectivity index (χ4n) is 4.05.